The summed E-state index contributed by atoms with van der Waals surface area (Å²) in [5, 5.41) is 9.15. The van der Waals surface area contributed by atoms with Crippen molar-refractivity contribution < 1.29 is 18.0 Å². The molecule has 9 heteroatoms. The highest BCUT2D eigenvalue weighted by Crippen LogP contribution is 2.35. The number of alkyl halides is 3. The number of amides is 1. The van der Waals surface area contributed by atoms with Crippen LogP contribution in [0.1, 0.15) is 34.5 Å². The second kappa shape index (κ2) is 7.94. The third-order valence-corrected chi connectivity index (χ3v) is 5.81. The molecule has 2 atom stereocenters. The molecule has 2 aromatic heterocycles. The first kappa shape index (κ1) is 20.1. The summed E-state index contributed by atoms with van der Waals surface area (Å²) in [5.41, 5.74) is 0.269. The van der Waals surface area contributed by atoms with Crippen LogP contribution in [0.5, 0.6) is 0 Å². The molecule has 30 heavy (non-hydrogen) atoms. The van der Waals surface area contributed by atoms with Gasteiger partial charge in [0.15, 0.2) is 0 Å². The van der Waals surface area contributed by atoms with Crippen molar-refractivity contribution in [2.45, 2.75) is 31.5 Å². The number of likely N-dealkylation sites (tertiary alicyclic amines) is 1. The first-order valence-corrected chi connectivity index (χ1v) is 9.78. The van der Waals surface area contributed by atoms with Crippen LogP contribution in [-0.4, -0.2) is 52.6 Å². The Bertz CT molecular complexity index is 987. The molecular weight excluding hydrogens is 395 g/mol. The van der Waals surface area contributed by atoms with Crippen molar-refractivity contribution >= 4 is 11.7 Å². The van der Waals surface area contributed by atoms with E-state index < -0.39 is 18.5 Å². The van der Waals surface area contributed by atoms with Gasteiger partial charge in [-0.25, -0.2) is 4.98 Å². The third-order valence-electron chi connectivity index (χ3n) is 5.81. The zero-order valence-electron chi connectivity index (χ0n) is 16.1. The summed E-state index contributed by atoms with van der Waals surface area (Å²) in [4.78, 5) is 25.0. The number of nitriles is 1. The Morgan fingerprint density at radius 3 is 2.77 bits per heavy atom. The van der Waals surface area contributed by atoms with Crippen molar-refractivity contribution in [2.75, 3.05) is 24.5 Å². The predicted octanol–water partition coefficient (Wildman–Crippen LogP) is 3.19. The Morgan fingerprint density at radius 1 is 1.20 bits per heavy atom. The van der Waals surface area contributed by atoms with Crippen LogP contribution >= 0.6 is 0 Å². The van der Waals surface area contributed by atoms with E-state index in [0.717, 1.165) is 19.4 Å². The highest BCUT2D eigenvalue weighted by atomic mass is 19.4. The van der Waals surface area contributed by atoms with Crippen LogP contribution in [0.25, 0.3) is 0 Å². The first-order chi connectivity index (χ1) is 14.4. The second-order valence-electron chi connectivity index (χ2n) is 7.65. The maximum atomic E-state index is 13.1. The van der Waals surface area contributed by atoms with Crippen LogP contribution in [0.4, 0.5) is 19.0 Å². The van der Waals surface area contributed by atoms with Crippen molar-refractivity contribution in [2.24, 2.45) is 5.92 Å². The van der Waals surface area contributed by atoms with Gasteiger partial charge < -0.3 is 9.80 Å². The van der Waals surface area contributed by atoms with Gasteiger partial charge >= 0.3 is 6.18 Å². The number of anilines is 1. The van der Waals surface area contributed by atoms with E-state index >= 15 is 0 Å². The lowest BCUT2D eigenvalue weighted by Crippen LogP contribution is -2.50. The Morgan fingerprint density at radius 2 is 2.00 bits per heavy atom. The fourth-order valence-corrected chi connectivity index (χ4v) is 4.39. The number of piperidine rings is 1. The number of rotatable bonds is 3. The fourth-order valence-electron chi connectivity index (χ4n) is 4.39. The Kier molecular flexibility index (Phi) is 5.33. The van der Waals surface area contributed by atoms with E-state index in [2.05, 4.69) is 20.9 Å². The standard InChI is InChI=1S/C21H20F3N5O/c22-21(23,24)11-17-16(2-1-6-26-17)20(30)28-8-4-15-5-9-29(18(15)13-28)19-10-14(12-25)3-7-27-19/h1-3,6-7,10,15,18H,4-5,8-9,11,13H2/t15-,18-/m0/s1. The average molecular weight is 415 g/mol. The number of pyridine rings is 2. The summed E-state index contributed by atoms with van der Waals surface area (Å²) < 4.78 is 38.7. The number of hydrogen-bond donors (Lipinski definition) is 0. The molecule has 0 radical (unpaired) electrons. The summed E-state index contributed by atoms with van der Waals surface area (Å²) in [5.74, 6) is 0.645. The van der Waals surface area contributed by atoms with Gasteiger partial charge in [-0.2, -0.15) is 18.4 Å². The first-order valence-electron chi connectivity index (χ1n) is 9.78. The zero-order valence-corrected chi connectivity index (χ0v) is 16.1. The lowest BCUT2D eigenvalue weighted by Gasteiger charge is -2.39. The number of aromatic nitrogens is 2. The van der Waals surface area contributed by atoms with Gasteiger partial charge in [-0.1, -0.05) is 0 Å². The van der Waals surface area contributed by atoms with E-state index in [0.29, 0.717) is 30.4 Å². The minimum absolute atomic E-state index is 0.00225. The molecule has 4 rings (SSSR count). The molecule has 0 unspecified atom stereocenters. The lowest BCUT2D eigenvalue weighted by molar-refractivity contribution is -0.127. The van der Waals surface area contributed by atoms with Crippen molar-refractivity contribution in [1.82, 2.24) is 14.9 Å². The molecule has 0 aromatic carbocycles. The van der Waals surface area contributed by atoms with E-state index in [1.165, 1.54) is 18.3 Å². The highest BCUT2D eigenvalue weighted by molar-refractivity contribution is 5.95. The summed E-state index contributed by atoms with van der Waals surface area (Å²) in [7, 11) is 0. The van der Waals surface area contributed by atoms with Gasteiger partial charge in [0, 0.05) is 32.0 Å². The molecule has 2 saturated heterocycles. The predicted molar refractivity (Wildman–Crippen MR) is 103 cm³/mol. The fraction of sp³-hybridized carbons (Fsp3) is 0.429. The zero-order chi connectivity index (χ0) is 21.3. The van der Waals surface area contributed by atoms with Gasteiger partial charge in [0.1, 0.15) is 5.82 Å². The van der Waals surface area contributed by atoms with E-state index in [1.54, 1.807) is 23.2 Å². The smallest absolute Gasteiger partial charge is 0.352 e. The second-order valence-corrected chi connectivity index (χ2v) is 7.65. The maximum Gasteiger partial charge on any atom is 0.394 e. The molecule has 0 bridgehead atoms. The molecule has 2 aromatic rings. The van der Waals surface area contributed by atoms with Crippen LogP contribution in [0.3, 0.4) is 0 Å². The molecule has 0 spiro atoms. The SMILES string of the molecule is N#Cc1ccnc(N2CC[C@@H]3CCN(C(=O)c4cccnc4CC(F)(F)F)C[C@@H]32)c1. The minimum Gasteiger partial charge on any atom is -0.352 e. The van der Waals surface area contributed by atoms with Crippen molar-refractivity contribution in [3.8, 4) is 6.07 Å². The van der Waals surface area contributed by atoms with Gasteiger partial charge in [-0.05, 0) is 43.0 Å². The van der Waals surface area contributed by atoms with Gasteiger partial charge in [-0.15, -0.1) is 0 Å². The monoisotopic (exact) mass is 415 g/mol. The van der Waals surface area contributed by atoms with Crippen molar-refractivity contribution in [3.05, 3.63) is 53.5 Å². The van der Waals surface area contributed by atoms with Gasteiger partial charge in [0.25, 0.3) is 5.91 Å². The van der Waals surface area contributed by atoms with Gasteiger partial charge in [0.05, 0.1) is 35.4 Å². The lowest BCUT2D eigenvalue weighted by atomic mass is 9.91. The summed E-state index contributed by atoms with van der Waals surface area (Å²) in [6, 6.07) is 8.39. The maximum absolute atomic E-state index is 13.1. The largest absolute Gasteiger partial charge is 0.394 e. The summed E-state index contributed by atoms with van der Waals surface area (Å²) in [6.45, 7) is 1.67. The molecule has 2 fully saturated rings. The molecule has 4 heterocycles. The Hall–Kier alpha value is -3.15. The molecule has 2 aliphatic rings. The quantitative estimate of drug-likeness (QED) is 0.770. The van der Waals surface area contributed by atoms with Crippen LogP contribution in [0.15, 0.2) is 36.7 Å². The van der Waals surface area contributed by atoms with Crippen molar-refractivity contribution in [3.63, 3.8) is 0 Å². The highest BCUT2D eigenvalue weighted by Gasteiger charge is 2.41. The average Bonchev–Trinajstić information content (AvgIpc) is 3.16. The molecule has 2 aliphatic heterocycles. The van der Waals surface area contributed by atoms with Gasteiger partial charge in [-0.3, -0.25) is 9.78 Å². The molecule has 0 aliphatic carbocycles. The number of fused-ring (bicyclic) bond motifs is 1. The van der Waals surface area contributed by atoms with Crippen LogP contribution in [0.2, 0.25) is 0 Å². The van der Waals surface area contributed by atoms with Crippen LogP contribution < -0.4 is 4.90 Å². The van der Waals surface area contributed by atoms with Crippen LogP contribution in [0, 0.1) is 17.2 Å². The van der Waals surface area contributed by atoms with E-state index in [1.807, 2.05) is 0 Å². The Labute approximate surface area is 172 Å². The number of carbonyl (C=O) groups excluding carboxylic acids is 1. The normalized spacial score (nSPS) is 21.3. The topological polar surface area (TPSA) is 73.1 Å². The molecule has 156 valence electrons. The number of hydrogen-bond acceptors (Lipinski definition) is 5. The summed E-state index contributed by atoms with van der Waals surface area (Å²) in [6.07, 6.45) is -1.07. The number of nitrogens with zero attached hydrogens (tertiary/aromatic N) is 5. The molecule has 6 nitrogen and oxygen atoms in total. The Balaban J connectivity index is 1.55. The molecule has 0 saturated carbocycles. The minimum atomic E-state index is -4.43. The molecule has 0 N–H and O–H groups in total. The van der Waals surface area contributed by atoms with E-state index in [9.17, 15) is 18.0 Å². The van der Waals surface area contributed by atoms with Gasteiger partial charge in [0.2, 0.25) is 0 Å². The summed E-state index contributed by atoms with van der Waals surface area (Å²) >= 11 is 0. The van der Waals surface area contributed by atoms with E-state index in [4.69, 9.17) is 5.26 Å². The molecule has 1 amide bonds. The number of halogens is 3. The van der Waals surface area contributed by atoms with Crippen LogP contribution in [-0.2, 0) is 6.42 Å². The third kappa shape index (κ3) is 4.08. The van der Waals surface area contributed by atoms with E-state index in [-0.39, 0.29) is 17.3 Å². The van der Waals surface area contributed by atoms with Crippen molar-refractivity contribution in [1.29, 1.82) is 5.26 Å². The number of carbonyl (C=O) groups is 1. The molecular formula is C21H20F3N5O.